The highest BCUT2D eigenvalue weighted by molar-refractivity contribution is 5.82. The van der Waals surface area contributed by atoms with Crippen molar-refractivity contribution in [3.05, 3.63) is 120 Å². The molecule has 0 aliphatic carbocycles. The first-order valence-corrected chi connectivity index (χ1v) is 10.5. The highest BCUT2D eigenvalue weighted by Gasteiger charge is 2.23. The van der Waals surface area contributed by atoms with Gasteiger partial charge in [0.15, 0.2) is 0 Å². The van der Waals surface area contributed by atoms with Crippen molar-refractivity contribution in [2.75, 3.05) is 5.73 Å². The van der Waals surface area contributed by atoms with Crippen molar-refractivity contribution in [1.82, 2.24) is 9.36 Å². The number of nitrogen functional groups attached to an aromatic ring is 1. The lowest BCUT2D eigenvalue weighted by Crippen LogP contribution is -2.20. The standard InChI is InChI=1S/C28H23N3O.CH4/c1-30-27(21-13-6-3-7-14-21)26(20-11-4-2-5-12-20)28(32)31(30)25-18-9-8-17-24(25)22-15-10-16-23(29)19-22;/h2-19H,29H2,1H3;1H4. The number of anilines is 1. The number of aromatic nitrogens is 2. The summed E-state index contributed by atoms with van der Waals surface area (Å²) in [5.41, 5.74) is 12.8. The SMILES string of the molecule is C.Cn1c(-c2ccccc2)c(-c2ccccc2)c(=O)n1-c1ccccc1-c1cccc(N)c1. The molecule has 0 atom stereocenters. The Balaban J connectivity index is 0.00000259. The maximum Gasteiger partial charge on any atom is 0.279 e. The van der Waals surface area contributed by atoms with E-state index in [9.17, 15) is 4.79 Å². The van der Waals surface area contributed by atoms with Gasteiger partial charge in [-0.25, -0.2) is 4.68 Å². The van der Waals surface area contributed by atoms with Gasteiger partial charge in [0.1, 0.15) is 0 Å². The number of nitrogens with zero attached hydrogens (tertiary/aromatic N) is 2. The van der Waals surface area contributed by atoms with Crippen LogP contribution in [0.4, 0.5) is 5.69 Å². The topological polar surface area (TPSA) is 53.0 Å². The Kier molecular flexibility index (Phi) is 6.01. The lowest BCUT2D eigenvalue weighted by Gasteiger charge is -2.15. The molecule has 4 heteroatoms. The minimum absolute atomic E-state index is 0. The molecule has 2 N–H and O–H groups in total. The van der Waals surface area contributed by atoms with Crippen LogP contribution in [0.2, 0.25) is 0 Å². The Hall–Kier alpha value is -4.31. The molecule has 0 bridgehead atoms. The van der Waals surface area contributed by atoms with Gasteiger partial charge in [-0.2, -0.15) is 0 Å². The number of benzene rings is 4. The molecule has 1 aromatic heterocycles. The van der Waals surface area contributed by atoms with Gasteiger partial charge in [-0.3, -0.25) is 9.48 Å². The van der Waals surface area contributed by atoms with Crippen molar-refractivity contribution in [2.45, 2.75) is 7.43 Å². The molecule has 0 radical (unpaired) electrons. The maximum atomic E-state index is 14.0. The van der Waals surface area contributed by atoms with Crippen LogP contribution in [0.3, 0.4) is 0 Å². The van der Waals surface area contributed by atoms with E-state index in [0.29, 0.717) is 11.3 Å². The predicted octanol–water partition coefficient (Wildman–Crippen LogP) is 6.40. The van der Waals surface area contributed by atoms with E-state index in [2.05, 4.69) is 0 Å². The molecular weight excluding hydrogens is 406 g/mol. The molecule has 0 aliphatic rings. The van der Waals surface area contributed by atoms with Crippen molar-refractivity contribution >= 4 is 5.69 Å². The molecule has 0 aliphatic heterocycles. The van der Waals surface area contributed by atoms with Crippen LogP contribution >= 0.6 is 0 Å². The second-order valence-corrected chi connectivity index (χ2v) is 7.74. The molecule has 5 aromatic rings. The van der Waals surface area contributed by atoms with Crippen LogP contribution in [0.5, 0.6) is 0 Å². The molecule has 4 nitrogen and oxygen atoms in total. The summed E-state index contributed by atoms with van der Waals surface area (Å²) in [5.74, 6) is 0. The zero-order chi connectivity index (χ0) is 22.1. The van der Waals surface area contributed by atoms with Gasteiger partial charge in [0, 0.05) is 23.9 Å². The predicted molar refractivity (Wildman–Crippen MR) is 138 cm³/mol. The van der Waals surface area contributed by atoms with Crippen LogP contribution in [0.1, 0.15) is 7.43 Å². The second kappa shape index (κ2) is 9.05. The van der Waals surface area contributed by atoms with Gasteiger partial charge < -0.3 is 5.73 Å². The first-order chi connectivity index (χ1) is 15.6. The number of hydrogen-bond acceptors (Lipinski definition) is 2. The molecule has 33 heavy (non-hydrogen) atoms. The van der Waals surface area contributed by atoms with Gasteiger partial charge in [0.05, 0.1) is 16.9 Å². The van der Waals surface area contributed by atoms with E-state index in [1.807, 2.05) is 121 Å². The maximum absolute atomic E-state index is 14.0. The number of rotatable bonds is 4. The van der Waals surface area contributed by atoms with Crippen LogP contribution in [-0.2, 0) is 7.05 Å². The molecule has 0 unspecified atom stereocenters. The molecule has 0 saturated heterocycles. The van der Waals surface area contributed by atoms with Crippen LogP contribution < -0.4 is 11.3 Å². The molecule has 0 fully saturated rings. The average molecular weight is 434 g/mol. The Morgan fingerprint density at radius 3 is 1.91 bits per heavy atom. The molecule has 0 amide bonds. The summed E-state index contributed by atoms with van der Waals surface area (Å²) < 4.78 is 3.70. The third-order valence-electron chi connectivity index (χ3n) is 5.71. The molecule has 1 heterocycles. The fourth-order valence-corrected chi connectivity index (χ4v) is 4.28. The Bertz CT molecular complexity index is 1450. The minimum Gasteiger partial charge on any atom is -0.399 e. The van der Waals surface area contributed by atoms with Crippen molar-refractivity contribution in [1.29, 1.82) is 0 Å². The third-order valence-corrected chi connectivity index (χ3v) is 5.71. The number of hydrogen-bond donors (Lipinski definition) is 1. The Labute approximate surface area is 194 Å². The van der Waals surface area contributed by atoms with Gasteiger partial charge in [-0.1, -0.05) is 98.4 Å². The van der Waals surface area contributed by atoms with Crippen molar-refractivity contribution < 1.29 is 0 Å². The summed E-state index contributed by atoms with van der Waals surface area (Å²) >= 11 is 0. The van der Waals surface area contributed by atoms with Gasteiger partial charge in [0.2, 0.25) is 0 Å². The van der Waals surface area contributed by atoms with Gasteiger partial charge >= 0.3 is 0 Å². The van der Waals surface area contributed by atoms with Crippen LogP contribution in [0.15, 0.2) is 114 Å². The summed E-state index contributed by atoms with van der Waals surface area (Å²) in [4.78, 5) is 14.0. The van der Waals surface area contributed by atoms with E-state index >= 15 is 0 Å². The zero-order valence-corrected chi connectivity index (χ0v) is 17.8. The normalized spacial score (nSPS) is 10.6. The van der Waals surface area contributed by atoms with E-state index in [-0.39, 0.29) is 13.0 Å². The molecular formula is C29H27N3O. The quantitative estimate of drug-likeness (QED) is 0.334. The summed E-state index contributed by atoms with van der Waals surface area (Å²) in [6.07, 6.45) is 0. The van der Waals surface area contributed by atoms with Gasteiger partial charge in [-0.15, -0.1) is 0 Å². The molecule has 164 valence electrons. The lowest BCUT2D eigenvalue weighted by atomic mass is 10.0. The molecule has 0 spiro atoms. The summed E-state index contributed by atoms with van der Waals surface area (Å²) in [6.45, 7) is 0. The smallest absolute Gasteiger partial charge is 0.279 e. The highest BCUT2D eigenvalue weighted by atomic mass is 16.1. The van der Waals surface area contributed by atoms with E-state index in [1.54, 1.807) is 4.68 Å². The highest BCUT2D eigenvalue weighted by Crippen LogP contribution is 2.33. The fraction of sp³-hybridized carbons (Fsp3) is 0.0690. The summed E-state index contributed by atoms with van der Waals surface area (Å²) in [6, 6.07) is 35.6. The largest absolute Gasteiger partial charge is 0.399 e. The van der Waals surface area contributed by atoms with E-state index in [4.69, 9.17) is 5.73 Å². The van der Waals surface area contributed by atoms with E-state index in [0.717, 1.165) is 33.6 Å². The second-order valence-electron chi connectivity index (χ2n) is 7.74. The van der Waals surface area contributed by atoms with Crippen LogP contribution in [0, 0.1) is 0 Å². The van der Waals surface area contributed by atoms with Crippen LogP contribution in [-0.4, -0.2) is 9.36 Å². The Morgan fingerprint density at radius 1 is 0.667 bits per heavy atom. The molecule has 5 rings (SSSR count). The van der Waals surface area contributed by atoms with Crippen molar-refractivity contribution in [2.24, 2.45) is 7.05 Å². The Morgan fingerprint density at radius 2 is 1.24 bits per heavy atom. The van der Waals surface area contributed by atoms with E-state index in [1.165, 1.54) is 0 Å². The number of nitrogens with two attached hydrogens (primary N) is 1. The van der Waals surface area contributed by atoms with E-state index < -0.39 is 0 Å². The first kappa shape index (κ1) is 21.9. The first-order valence-electron chi connectivity index (χ1n) is 10.5. The zero-order valence-electron chi connectivity index (χ0n) is 17.8. The van der Waals surface area contributed by atoms with Gasteiger partial charge in [-0.05, 0) is 29.3 Å². The summed E-state index contributed by atoms with van der Waals surface area (Å²) in [7, 11) is 1.94. The minimum atomic E-state index is -0.0612. The molecule has 0 saturated carbocycles. The van der Waals surface area contributed by atoms with Gasteiger partial charge in [0.25, 0.3) is 5.56 Å². The average Bonchev–Trinajstić information content (AvgIpc) is 3.10. The lowest BCUT2D eigenvalue weighted by molar-refractivity contribution is 0.653. The van der Waals surface area contributed by atoms with Crippen molar-refractivity contribution in [3.63, 3.8) is 0 Å². The van der Waals surface area contributed by atoms with Crippen molar-refractivity contribution in [3.8, 4) is 39.2 Å². The third kappa shape index (κ3) is 3.87. The fourth-order valence-electron chi connectivity index (χ4n) is 4.28. The molecule has 4 aromatic carbocycles. The van der Waals surface area contributed by atoms with Crippen LogP contribution in [0.25, 0.3) is 39.2 Å². The summed E-state index contributed by atoms with van der Waals surface area (Å²) in [5, 5.41) is 0. The number of para-hydroxylation sites is 1. The monoisotopic (exact) mass is 433 g/mol.